The number of carboxylic acid groups (broad SMARTS) is 1. The molecule has 2 aliphatic rings. The number of benzene rings is 1. The van der Waals surface area contributed by atoms with Crippen molar-refractivity contribution >= 4 is 23.0 Å². The van der Waals surface area contributed by atoms with E-state index < -0.39 is 12.2 Å². The van der Waals surface area contributed by atoms with Gasteiger partial charge in [-0.1, -0.05) is 30.3 Å². The molecule has 11 heteroatoms. The highest BCUT2D eigenvalue weighted by atomic mass is 16.5. The third kappa shape index (κ3) is 7.08. The summed E-state index contributed by atoms with van der Waals surface area (Å²) in [5, 5.41) is 17.2. The van der Waals surface area contributed by atoms with Gasteiger partial charge in [-0.25, -0.2) is 14.5 Å². The van der Waals surface area contributed by atoms with E-state index in [0.29, 0.717) is 45.9 Å². The largest absolute Gasteiger partial charge is 0.465 e. The summed E-state index contributed by atoms with van der Waals surface area (Å²) in [7, 11) is 0. The minimum absolute atomic E-state index is 0.00801. The molecule has 5 rings (SSSR count). The summed E-state index contributed by atoms with van der Waals surface area (Å²) in [6, 6.07) is 14.2. The monoisotopic (exact) mass is 578 g/mol. The number of hydrogen-bond donors (Lipinski definition) is 2. The average Bonchev–Trinajstić information content (AvgIpc) is 3.75. The van der Waals surface area contributed by atoms with E-state index in [2.05, 4.69) is 22.3 Å². The lowest BCUT2D eigenvalue weighted by atomic mass is 10.1. The van der Waals surface area contributed by atoms with Gasteiger partial charge in [-0.3, -0.25) is 9.69 Å². The van der Waals surface area contributed by atoms with Crippen LogP contribution in [-0.2, 0) is 27.4 Å². The predicted octanol–water partition coefficient (Wildman–Crippen LogP) is 3.76. The van der Waals surface area contributed by atoms with Crippen LogP contribution in [0.25, 0.3) is 11.0 Å². The van der Waals surface area contributed by atoms with Crippen molar-refractivity contribution in [2.75, 3.05) is 32.9 Å². The fraction of sp³-hybridized carbons (Fsp3) is 0.548. The minimum atomic E-state index is -1.04. The summed E-state index contributed by atoms with van der Waals surface area (Å²) < 4.78 is 13.8. The van der Waals surface area contributed by atoms with Crippen LogP contribution in [0.4, 0.5) is 4.79 Å². The van der Waals surface area contributed by atoms with Crippen molar-refractivity contribution in [2.24, 2.45) is 0 Å². The van der Waals surface area contributed by atoms with E-state index in [4.69, 9.17) is 24.7 Å². The molecule has 3 aromatic rings. The molecule has 1 aliphatic carbocycles. The molecule has 2 fully saturated rings. The predicted molar refractivity (Wildman–Crippen MR) is 158 cm³/mol. The zero-order valence-electron chi connectivity index (χ0n) is 24.7. The van der Waals surface area contributed by atoms with Crippen LogP contribution in [0.2, 0.25) is 0 Å². The molecule has 0 unspecified atom stereocenters. The number of pyridine rings is 1. The SMILES string of the molecule is CCOC[C@H]1CO[C@@H](C(=O)N(C2CC2)[C@H](C)c2nn(CCCNC(=O)O)c3nc(C)ccc23)CN1Cc1ccccc1. The number of morpholine rings is 1. The Balaban J connectivity index is 1.36. The van der Waals surface area contributed by atoms with E-state index >= 15 is 0 Å². The number of nitrogens with zero attached hydrogens (tertiary/aromatic N) is 5. The summed E-state index contributed by atoms with van der Waals surface area (Å²) in [6.07, 6.45) is 0.873. The molecule has 11 nitrogen and oxygen atoms in total. The Labute approximate surface area is 246 Å². The van der Waals surface area contributed by atoms with E-state index in [9.17, 15) is 9.59 Å². The maximum absolute atomic E-state index is 14.2. The van der Waals surface area contributed by atoms with E-state index in [1.165, 1.54) is 5.56 Å². The van der Waals surface area contributed by atoms with Crippen molar-refractivity contribution in [1.82, 2.24) is 29.9 Å². The number of carbonyl (C=O) groups excluding carboxylic acids is 1. The van der Waals surface area contributed by atoms with E-state index in [0.717, 1.165) is 41.8 Å². The number of aromatic nitrogens is 3. The normalized spacial score (nSPS) is 20.0. The number of rotatable bonds is 13. The van der Waals surface area contributed by atoms with Crippen molar-refractivity contribution in [3.63, 3.8) is 0 Å². The van der Waals surface area contributed by atoms with Gasteiger partial charge in [0.05, 0.1) is 31.0 Å². The van der Waals surface area contributed by atoms with Crippen LogP contribution in [0.15, 0.2) is 42.5 Å². The molecule has 0 radical (unpaired) electrons. The van der Waals surface area contributed by atoms with Gasteiger partial charge in [-0.2, -0.15) is 5.10 Å². The van der Waals surface area contributed by atoms with E-state index in [1.54, 1.807) is 0 Å². The highest BCUT2D eigenvalue weighted by Gasteiger charge is 2.43. The molecule has 1 saturated heterocycles. The first-order valence-corrected chi connectivity index (χ1v) is 15.0. The maximum Gasteiger partial charge on any atom is 0.404 e. The smallest absolute Gasteiger partial charge is 0.404 e. The highest BCUT2D eigenvalue weighted by Crippen LogP contribution is 2.37. The lowest BCUT2D eigenvalue weighted by molar-refractivity contribution is -0.158. The Hall–Kier alpha value is -3.54. The second-order valence-electron chi connectivity index (χ2n) is 11.2. The Bertz CT molecular complexity index is 1360. The molecule has 2 amide bonds. The van der Waals surface area contributed by atoms with Crippen molar-refractivity contribution in [3.8, 4) is 0 Å². The third-order valence-electron chi connectivity index (χ3n) is 8.02. The van der Waals surface area contributed by atoms with Gasteiger partial charge in [0.15, 0.2) is 5.65 Å². The van der Waals surface area contributed by atoms with Gasteiger partial charge in [0.25, 0.3) is 5.91 Å². The molecule has 3 atom stereocenters. The summed E-state index contributed by atoms with van der Waals surface area (Å²) in [5.74, 6) is -0.00801. The molecule has 1 aliphatic heterocycles. The number of fused-ring (bicyclic) bond motifs is 1. The zero-order chi connectivity index (χ0) is 29.6. The first-order valence-electron chi connectivity index (χ1n) is 15.0. The first-order chi connectivity index (χ1) is 20.4. The summed E-state index contributed by atoms with van der Waals surface area (Å²) in [4.78, 5) is 34.1. The zero-order valence-corrected chi connectivity index (χ0v) is 24.7. The topological polar surface area (TPSA) is 122 Å². The molecule has 0 bridgehead atoms. The van der Waals surface area contributed by atoms with E-state index in [-0.39, 0.29) is 24.0 Å². The second-order valence-corrected chi connectivity index (χ2v) is 11.2. The van der Waals surface area contributed by atoms with Crippen molar-refractivity contribution in [1.29, 1.82) is 0 Å². The Morgan fingerprint density at radius 3 is 2.71 bits per heavy atom. The lowest BCUT2D eigenvalue weighted by Crippen LogP contribution is -2.56. The Morgan fingerprint density at radius 1 is 1.21 bits per heavy atom. The van der Waals surface area contributed by atoms with Crippen molar-refractivity contribution in [2.45, 2.75) is 77.4 Å². The van der Waals surface area contributed by atoms with Gasteiger partial charge in [0.1, 0.15) is 6.10 Å². The maximum atomic E-state index is 14.2. The van der Waals surface area contributed by atoms with Crippen molar-refractivity contribution in [3.05, 3.63) is 59.4 Å². The second kappa shape index (κ2) is 13.6. The van der Waals surface area contributed by atoms with Crippen LogP contribution in [-0.4, -0.2) is 92.8 Å². The van der Waals surface area contributed by atoms with Gasteiger partial charge < -0.3 is 24.8 Å². The van der Waals surface area contributed by atoms with Crippen LogP contribution in [0.3, 0.4) is 0 Å². The first kappa shape index (κ1) is 29.9. The number of hydrogen-bond acceptors (Lipinski definition) is 7. The van der Waals surface area contributed by atoms with Crippen LogP contribution in [0.5, 0.6) is 0 Å². The fourth-order valence-corrected chi connectivity index (χ4v) is 5.71. The quantitative estimate of drug-likeness (QED) is 0.294. The number of ether oxygens (including phenoxy) is 2. The molecule has 1 aromatic carbocycles. The highest BCUT2D eigenvalue weighted by molar-refractivity contribution is 5.84. The third-order valence-corrected chi connectivity index (χ3v) is 8.02. The average molecular weight is 579 g/mol. The van der Waals surface area contributed by atoms with E-state index in [1.807, 2.05) is 60.7 Å². The van der Waals surface area contributed by atoms with Gasteiger partial charge in [-0.05, 0) is 57.7 Å². The molecule has 42 heavy (non-hydrogen) atoms. The van der Waals surface area contributed by atoms with Gasteiger partial charge in [-0.15, -0.1) is 0 Å². The molecule has 3 heterocycles. The van der Waals surface area contributed by atoms with Crippen LogP contribution >= 0.6 is 0 Å². The number of carbonyl (C=O) groups is 2. The summed E-state index contributed by atoms with van der Waals surface area (Å²) >= 11 is 0. The molecule has 0 spiro atoms. The summed E-state index contributed by atoms with van der Waals surface area (Å²) in [5.41, 5.74) is 3.61. The summed E-state index contributed by atoms with van der Waals surface area (Å²) in [6.45, 7) is 9.64. The van der Waals surface area contributed by atoms with Crippen LogP contribution in [0.1, 0.15) is 56.1 Å². The Morgan fingerprint density at radius 2 is 2.00 bits per heavy atom. The number of nitrogens with one attached hydrogen (secondary N) is 1. The van der Waals surface area contributed by atoms with Gasteiger partial charge >= 0.3 is 6.09 Å². The molecule has 2 N–H and O–H groups in total. The number of amides is 2. The standard InChI is InChI=1S/C31H42N6O5/c1-4-41-19-25-20-42-27(18-35(25)17-23-9-6-5-7-10-23)30(38)37(24-12-13-24)22(3)28-26-14-11-21(2)33-29(26)36(34-28)16-8-15-32-31(39)40/h5-7,9-11,14,22,24-25,27,32H,4,8,12-13,15-20H2,1-3H3,(H,39,40)/t22-,25+,27-/m1/s1. The van der Waals surface area contributed by atoms with Crippen LogP contribution < -0.4 is 5.32 Å². The minimum Gasteiger partial charge on any atom is -0.465 e. The molecule has 2 aromatic heterocycles. The molecular weight excluding hydrogens is 536 g/mol. The fourth-order valence-electron chi connectivity index (χ4n) is 5.71. The number of aryl methyl sites for hydroxylation is 2. The van der Waals surface area contributed by atoms with Crippen LogP contribution in [0, 0.1) is 6.92 Å². The molecular formula is C31H42N6O5. The lowest BCUT2D eigenvalue weighted by Gasteiger charge is -2.41. The van der Waals surface area contributed by atoms with Gasteiger partial charge in [0, 0.05) is 49.9 Å². The van der Waals surface area contributed by atoms with Crippen molar-refractivity contribution < 1.29 is 24.2 Å². The Kier molecular flexibility index (Phi) is 9.71. The molecule has 226 valence electrons. The van der Waals surface area contributed by atoms with Gasteiger partial charge in [0.2, 0.25) is 0 Å². The molecule has 1 saturated carbocycles.